The average molecular weight is 229 g/mol. The lowest BCUT2D eigenvalue weighted by Crippen LogP contribution is -2.50. The van der Waals surface area contributed by atoms with Crippen molar-refractivity contribution in [1.29, 1.82) is 0 Å². The fourth-order valence-corrected chi connectivity index (χ4v) is 2.65. The van der Waals surface area contributed by atoms with Crippen molar-refractivity contribution < 1.29 is 23.8 Å². The van der Waals surface area contributed by atoms with Crippen molar-refractivity contribution in [3.8, 4) is 0 Å². The number of hydrogen-bond donors (Lipinski definition) is 1. The van der Waals surface area contributed by atoms with E-state index in [1.807, 2.05) is 0 Å². The van der Waals surface area contributed by atoms with Gasteiger partial charge in [-0.15, -0.1) is 0 Å². The zero-order valence-corrected chi connectivity index (χ0v) is 9.05. The Morgan fingerprint density at radius 2 is 2.31 bits per heavy atom. The van der Waals surface area contributed by atoms with Crippen LogP contribution in [-0.4, -0.2) is 44.5 Å². The first kappa shape index (κ1) is 11.3. The van der Waals surface area contributed by atoms with E-state index in [0.717, 1.165) is 0 Å². The molecular weight excluding hydrogens is 214 g/mol. The third-order valence-electron chi connectivity index (χ3n) is 3.47. The standard InChI is InChI=1S/C10H15NO5/c1-7-3-16-10(4-14-5-12)8(7)2-11-9(10)15-6-13/h5-9,11H,2-4H2,1H3/t7-,8+,9-,10+/m0/s1. The molecule has 2 aliphatic heterocycles. The van der Waals surface area contributed by atoms with Crippen LogP contribution in [0.15, 0.2) is 0 Å². The zero-order valence-electron chi connectivity index (χ0n) is 9.05. The third kappa shape index (κ3) is 1.58. The maximum absolute atomic E-state index is 10.4. The summed E-state index contributed by atoms with van der Waals surface area (Å²) < 4.78 is 15.5. The van der Waals surface area contributed by atoms with Crippen LogP contribution < -0.4 is 5.32 Å². The lowest BCUT2D eigenvalue weighted by atomic mass is 9.84. The molecule has 4 atom stereocenters. The minimum absolute atomic E-state index is 0.108. The minimum atomic E-state index is -0.721. The maximum atomic E-state index is 10.4. The molecule has 0 radical (unpaired) electrons. The highest BCUT2D eigenvalue weighted by Gasteiger charge is 2.59. The van der Waals surface area contributed by atoms with Crippen molar-refractivity contribution in [3.05, 3.63) is 0 Å². The highest BCUT2D eigenvalue weighted by atomic mass is 16.6. The molecule has 2 rings (SSSR count). The molecule has 0 aromatic rings. The van der Waals surface area contributed by atoms with Gasteiger partial charge < -0.3 is 14.2 Å². The number of nitrogens with one attached hydrogen (secondary N) is 1. The second-order valence-corrected chi connectivity index (χ2v) is 4.28. The highest BCUT2D eigenvalue weighted by molar-refractivity contribution is 5.39. The summed E-state index contributed by atoms with van der Waals surface area (Å²) in [7, 11) is 0. The van der Waals surface area contributed by atoms with Crippen molar-refractivity contribution >= 4 is 12.9 Å². The molecule has 0 amide bonds. The molecule has 6 nitrogen and oxygen atoms in total. The van der Waals surface area contributed by atoms with Crippen molar-refractivity contribution in [2.45, 2.75) is 18.8 Å². The summed E-state index contributed by atoms with van der Waals surface area (Å²) in [6.07, 6.45) is -0.542. The summed E-state index contributed by atoms with van der Waals surface area (Å²) in [4.78, 5) is 20.7. The van der Waals surface area contributed by atoms with Gasteiger partial charge in [0.15, 0.2) is 11.8 Å². The minimum Gasteiger partial charge on any atom is -0.465 e. The highest BCUT2D eigenvalue weighted by Crippen LogP contribution is 2.42. The SMILES string of the molecule is C[C@H]1CO[C@]2(COC=O)[C@@H]1CN[C@H]2OC=O. The van der Waals surface area contributed by atoms with Gasteiger partial charge in [0.2, 0.25) is 0 Å². The predicted molar refractivity (Wildman–Crippen MR) is 52.3 cm³/mol. The van der Waals surface area contributed by atoms with Crippen molar-refractivity contribution in [3.63, 3.8) is 0 Å². The van der Waals surface area contributed by atoms with Crippen LogP contribution in [0.5, 0.6) is 0 Å². The van der Waals surface area contributed by atoms with E-state index >= 15 is 0 Å². The fourth-order valence-electron chi connectivity index (χ4n) is 2.65. The molecule has 0 aliphatic carbocycles. The summed E-state index contributed by atoms with van der Waals surface area (Å²) >= 11 is 0. The third-order valence-corrected chi connectivity index (χ3v) is 3.47. The monoisotopic (exact) mass is 229 g/mol. The van der Waals surface area contributed by atoms with E-state index in [1.54, 1.807) is 0 Å². The largest absolute Gasteiger partial charge is 0.465 e. The molecule has 2 aliphatic rings. The summed E-state index contributed by atoms with van der Waals surface area (Å²) in [5.74, 6) is 0.542. The maximum Gasteiger partial charge on any atom is 0.294 e. The molecule has 0 aromatic carbocycles. The Kier molecular flexibility index (Phi) is 3.11. The first-order chi connectivity index (χ1) is 7.74. The van der Waals surface area contributed by atoms with Gasteiger partial charge in [0, 0.05) is 12.5 Å². The van der Waals surface area contributed by atoms with Crippen molar-refractivity contribution in [2.24, 2.45) is 11.8 Å². The van der Waals surface area contributed by atoms with Gasteiger partial charge in [-0.2, -0.15) is 0 Å². The van der Waals surface area contributed by atoms with Gasteiger partial charge in [-0.3, -0.25) is 14.9 Å². The number of ether oxygens (including phenoxy) is 3. The molecule has 16 heavy (non-hydrogen) atoms. The molecule has 0 saturated carbocycles. The summed E-state index contributed by atoms with van der Waals surface area (Å²) in [6.45, 7) is 4.23. The van der Waals surface area contributed by atoms with Crippen LogP contribution in [0, 0.1) is 11.8 Å². The Hall–Kier alpha value is -1.14. The smallest absolute Gasteiger partial charge is 0.294 e. The van der Waals surface area contributed by atoms with E-state index in [4.69, 9.17) is 14.2 Å². The molecule has 0 spiro atoms. The van der Waals surface area contributed by atoms with Crippen LogP contribution in [0.1, 0.15) is 6.92 Å². The Labute approximate surface area is 93.2 Å². The lowest BCUT2D eigenvalue weighted by molar-refractivity contribution is -0.167. The van der Waals surface area contributed by atoms with Gasteiger partial charge >= 0.3 is 0 Å². The predicted octanol–water partition coefficient (Wildman–Crippen LogP) is -0.717. The van der Waals surface area contributed by atoms with E-state index in [0.29, 0.717) is 32.0 Å². The Balaban J connectivity index is 2.17. The molecule has 2 saturated heterocycles. The Morgan fingerprint density at radius 1 is 1.50 bits per heavy atom. The van der Waals surface area contributed by atoms with Gasteiger partial charge in [0.25, 0.3) is 12.9 Å². The quantitative estimate of drug-likeness (QED) is 0.627. The van der Waals surface area contributed by atoms with Gasteiger partial charge in [0.05, 0.1) is 6.61 Å². The summed E-state index contributed by atoms with van der Waals surface area (Å²) in [5.41, 5.74) is -0.721. The molecule has 0 bridgehead atoms. The van der Waals surface area contributed by atoms with E-state index in [9.17, 15) is 9.59 Å². The van der Waals surface area contributed by atoms with Crippen LogP contribution in [0.2, 0.25) is 0 Å². The fraction of sp³-hybridized carbons (Fsp3) is 0.800. The van der Waals surface area contributed by atoms with E-state index in [2.05, 4.69) is 12.2 Å². The van der Waals surface area contributed by atoms with Crippen LogP contribution in [0.4, 0.5) is 0 Å². The number of carbonyl (C=O) groups excluding carboxylic acids is 2. The number of rotatable bonds is 5. The second-order valence-electron chi connectivity index (χ2n) is 4.28. The molecular formula is C10H15NO5. The molecule has 2 heterocycles. The van der Waals surface area contributed by atoms with Crippen LogP contribution in [-0.2, 0) is 23.8 Å². The lowest BCUT2D eigenvalue weighted by Gasteiger charge is -2.31. The van der Waals surface area contributed by atoms with Gasteiger partial charge in [-0.1, -0.05) is 6.92 Å². The number of carbonyl (C=O) groups is 2. The van der Waals surface area contributed by atoms with E-state index in [1.165, 1.54) is 0 Å². The average Bonchev–Trinajstić information content (AvgIpc) is 2.78. The Morgan fingerprint density at radius 3 is 3.00 bits per heavy atom. The first-order valence-corrected chi connectivity index (χ1v) is 5.26. The first-order valence-electron chi connectivity index (χ1n) is 5.26. The Bertz CT molecular complexity index is 284. The molecule has 6 heteroatoms. The van der Waals surface area contributed by atoms with Crippen molar-refractivity contribution in [1.82, 2.24) is 5.32 Å². The van der Waals surface area contributed by atoms with Gasteiger partial charge in [-0.25, -0.2) is 0 Å². The molecule has 0 aromatic heterocycles. The normalized spacial score (nSPS) is 41.4. The molecule has 90 valence electrons. The topological polar surface area (TPSA) is 73.9 Å². The van der Waals surface area contributed by atoms with Gasteiger partial charge in [-0.05, 0) is 5.92 Å². The zero-order chi connectivity index (χ0) is 11.6. The molecule has 2 fully saturated rings. The van der Waals surface area contributed by atoms with Crippen molar-refractivity contribution in [2.75, 3.05) is 19.8 Å². The van der Waals surface area contributed by atoms with E-state index < -0.39 is 11.8 Å². The molecule has 0 unspecified atom stereocenters. The van der Waals surface area contributed by atoms with E-state index in [-0.39, 0.29) is 12.5 Å². The van der Waals surface area contributed by atoms with Crippen LogP contribution >= 0.6 is 0 Å². The van der Waals surface area contributed by atoms with Gasteiger partial charge in [0.1, 0.15) is 6.61 Å². The van der Waals surface area contributed by atoms with Crippen LogP contribution in [0.3, 0.4) is 0 Å². The summed E-state index contributed by atoms with van der Waals surface area (Å²) in [5, 5.41) is 3.07. The molecule has 1 N–H and O–H groups in total. The number of hydrogen-bond acceptors (Lipinski definition) is 6. The summed E-state index contributed by atoms with van der Waals surface area (Å²) in [6, 6.07) is 0. The second kappa shape index (κ2) is 4.39. The number of fused-ring (bicyclic) bond motifs is 1. The van der Waals surface area contributed by atoms with Crippen LogP contribution in [0.25, 0.3) is 0 Å².